The molecular weight excluding hydrogens is 446 g/mol. The first-order chi connectivity index (χ1) is 15.3. The number of hydrogen-bond donors (Lipinski definition) is 0. The average Bonchev–Trinajstić information content (AvgIpc) is 3.28. The van der Waals surface area contributed by atoms with Gasteiger partial charge >= 0.3 is 5.69 Å². The average molecular weight is 464 g/mol. The van der Waals surface area contributed by atoms with Gasteiger partial charge in [-0.15, -0.1) is 11.3 Å². The van der Waals surface area contributed by atoms with E-state index in [1.165, 1.54) is 32.7 Å². The normalized spacial score (nSPS) is 10.5. The fourth-order valence-electron chi connectivity index (χ4n) is 3.16. The minimum Gasteiger partial charge on any atom is -0.493 e. The Kier molecular flexibility index (Phi) is 6.89. The standard InChI is InChI=1S/C21H18F2N2O6S/c1-29-17-10-14(18(25(27)28)20(31-3)19(17)30-2)21(26)24(11-13-5-4-8-32-13)16-7-6-12(22)9-15(16)23/h4-10H,11H2,1-3H3. The number of benzene rings is 2. The van der Waals surface area contributed by atoms with Gasteiger partial charge in [0.05, 0.1) is 38.5 Å². The molecule has 0 atom stereocenters. The molecule has 0 aliphatic carbocycles. The monoisotopic (exact) mass is 464 g/mol. The minimum absolute atomic E-state index is 0.00829. The molecule has 0 radical (unpaired) electrons. The Hall–Kier alpha value is -3.73. The number of nitrogens with zero attached hydrogens (tertiary/aromatic N) is 2. The third kappa shape index (κ3) is 4.33. The van der Waals surface area contributed by atoms with Crippen molar-refractivity contribution in [2.45, 2.75) is 6.54 Å². The highest BCUT2D eigenvalue weighted by molar-refractivity contribution is 7.09. The summed E-state index contributed by atoms with van der Waals surface area (Å²) in [5.74, 6) is -3.12. The summed E-state index contributed by atoms with van der Waals surface area (Å²) in [6.07, 6.45) is 0. The fraction of sp³-hybridized carbons (Fsp3) is 0.190. The van der Waals surface area contributed by atoms with Crippen LogP contribution in [0.1, 0.15) is 15.2 Å². The zero-order valence-corrected chi connectivity index (χ0v) is 18.1. The van der Waals surface area contributed by atoms with Gasteiger partial charge in [0.2, 0.25) is 11.5 Å². The zero-order valence-electron chi connectivity index (χ0n) is 17.3. The van der Waals surface area contributed by atoms with Crippen LogP contribution in [-0.2, 0) is 6.54 Å². The summed E-state index contributed by atoms with van der Waals surface area (Å²) in [7, 11) is 3.74. The first-order valence-corrected chi connectivity index (χ1v) is 9.97. The highest BCUT2D eigenvalue weighted by atomic mass is 32.1. The third-order valence-electron chi connectivity index (χ3n) is 4.56. The van der Waals surface area contributed by atoms with Crippen LogP contribution in [0.4, 0.5) is 20.2 Å². The molecule has 168 valence electrons. The number of methoxy groups -OCH3 is 3. The second-order valence-corrected chi connectivity index (χ2v) is 7.40. The predicted molar refractivity (Wildman–Crippen MR) is 114 cm³/mol. The molecule has 32 heavy (non-hydrogen) atoms. The van der Waals surface area contributed by atoms with E-state index < -0.39 is 33.7 Å². The van der Waals surface area contributed by atoms with E-state index in [1.54, 1.807) is 17.5 Å². The van der Waals surface area contributed by atoms with Gasteiger partial charge in [0.25, 0.3) is 5.91 Å². The van der Waals surface area contributed by atoms with Crippen molar-refractivity contribution in [2.24, 2.45) is 0 Å². The van der Waals surface area contributed by atoms with E-state index in [1.807, 2.05) is 0 Å². The lowest BCUT2D eigenvalue weighted by atomic mass is 10.1. The second kappa shape index (κ2) is 9.60. The summed E-state index contributed by atoms with van der Waals surface area (Å²) in [4.78, 5) is 26.4. The summed E-state index contributed by atoms with van der Waals surface area (Å²) in [5.41, 5.74) is -1.33. The summed E-state index contributed by atoms with van der Waals surface area (Å²) in [6.45, 7) is -0.104. The Balaban J connectivity index is 2.24. The Morgan fingerprint density at radius 1 is 1.09 bits per heavy atom. The van der Waals surface area contributed by atoms with Crippen LogP contribution in [0.5, 0.6) is 17.2 Å². The maximum atomic E-state index is 14.6. The van der Waals surface area contributed by atoms with Crippen molar-refractivity contribution in [1.29, 1.82) is 0 Å². The first-order valence-electron chi connectivity index (χ1n) is 9.09. The van der Waals surface area contributed by atoms with Gasteiger partial charge in [0, 0.05) is 17.0 Å². The molecule has 2 aromatic carbocycles. The number of nitro benzene ring substituents is 1. The van der Waals surface area contributed by atoms with Gasteiger partial charge in [-0.25, -0.2) is 8.78 Å². The van der Waals surface area contributed by atoms with Gasteiger partial charge in [0.15, 0.2) is 5.75 Å². The Morgan fingerprint density at radius 3 is 2.34 bits per heavy atom. The fourth-order valence-corrected chi connectivity index (χ4v) is 3.85. The minimum atomic E-state index is -0.995. The van der Waals surface area contributed by atoms with Crippen molar-refractivity contribution < 1.29 is 32.7 Å². The molecule has 0 aliphatic rings. The molecular formula is C21H18F2N2O6S. The van der Waals surface area contributed by atoms with E-state index in [9.17, 15) is 23.7 Å². The van der Waals surface area contributed by atoms with Crippen LogP contribution in [-0.4, -0.2) is 32.2 Å². The van der Waals surface area contributed by atoms with Crippen molar-refractivity contribution in [3.63, 3.8) is 0 Å². The number of carbonyl (C=O) groups excluding carboxylic acids is 1. The number of thiophene rings is 1. The van der Waals surface area contributed by atoms with Crippen LogP contribution in [0.2, 0.25) is 0 Å². The number of ether oxygens (including phenoxy) is 3. The molecule has 0 spiro atoms. The molecule has 1 aromatic heterocycles. The number of halogens is 2. The molecule has 0 unspecified atom stereocenters. The molecule has 0 aliphatic heterocycles. The summed E-state index contributed by atoms with van der Waals surface area (Å²) >= 11 is 1.31. The van der Waals surface area contributed by atoms with Crippen molar-refractivity contribution in [1.82, 2.24) is 0 Å². The maximum absolute atomic E-state index is 14.6. The molecule has 0 bridgehead atoms. The van der Waals surface area contributed by atoms with Crippen molar-refractivity contribution >= 4 is 28.6 Å². The molecule has 3 aromatic rings. The topological polar surface area (TPSA) is 91.1 Å². The molecule has 8 nitrogen and oxygen atoms in total. The number of carbonyl (C=O) groups is 1. The van der Waals surface area contributed by atoms with Crippen LogP contribution in [0.25, 0.3) is 0 Å². The van der Waals surface area contributed by atoms with Crippen LogP contribution < -0.4 is 19.1 Å². The molecule has 0 N–H and O–H groups in total. The van der Waals surface area contributed by atoms with E-state index in [0.717, 1.165) is 23.1 Å². The smallest absolute Gasteiger partial charge is 0.327 e. The van der Waals surface area contributed by atoms with Crippen LogP contribution in [0.3, 0.4) is 0 Å². The van der Waals surface area contributed by atoms with E-state index in [4.69, 9.17) is 14.2 Å². The van der Waals surface area contributed by atoms with Crippen molar-refractivity contribution in [3.05, 3.63) is 74.0 Å². The SMILES string of the molecule is COc1cc(C(=O)N(Cc2cccs2)c2ccc(F)cc2F)c([N+](=O)[O-])c(OC)c1OC. The number of amides is 1. The van der Waals surface area contributed by atoms with E-state index in [2.05, 4.69) is 0 Å². The van der Waals surface area contributed by atoms with Crippen molar-refractivity contribution in [2.75, 3.05) is 26.2 Å². The van der Waals surface area contributed by atoms with Gasteiger partial charge in [-0.3, -0.25) is 14.9 Å². The van der Waals surface area contributed by atoms with Gasteiger partial charge in [-0.1, -0.05) is 6.07 Å². The lowest BCUT2D eigenvalue weighted by molar-refractivity contribution is -0.386. The first kappa shape index (κ1) is 22.9. The molecule has 1 heterocycles. The molecule has 11 heteroatoms. The molecule has 1 amide bonds. The maximum Gasteiger partial charge on any atom is 0.327 e. The van der Waals surface area contributed by atoms with Crippen molar-refractivity contribution in [3.8, 4) is 17.2 Å². The highest BCUT2D eigenvalue weighted by Crippen LogP contribution is 2.47. The van der Waals surface area contributed by atoms with Gasteiger partial charge in [-0.2, -0.15) is 0 Å². The van der Waals surface area contributed by atoms with E-state index >= 15 is 0 Å². The molecule has 3 rings (SSSR count). The molecule has 0 saturated carbocycles. The van der Waals surface area contributed by atoms with E-state index in [-0.39, 0.29) is 29.5 Å². The summed E-state index contributed by atoms with van der Waals surface area (Å²) < 4.78 is 43.7. The Morgan fingerprint density at radius 2 is 1.81 bits per heavy atom. The largest absolute Gasteiger partial charge is 0.493 e. The van der Waals surface area contributed by atoms with Gasteiger partial charge in [0.1, 0.15) is 17.2 Å². The summed E-state index contributed by atoms with van der Waals surface area (Å²) in [6, 6.07) is 7.32. The second-order valence-electron chi connectivity index (χ2n) is 6.36. The number of anilines is 1. The quantitative estimate of drug-likeness (QED) is 0.351. The number of hydrogen-bond acceptors (Lipinski definition) is 7. The van der Waals surface area contributed by atoms with Crippen LogP contribution in [0, 0.1) is 21.7 Å². The van der Waals surface area contributed by atoms with E-state index in [0.29, 0.717) is 10.9 Å². The number of nitro groups is 1. The van der Waals surface area contributed by atoms with Crippen LogP contribution in [0.15, 0.2) is 41.8 Å². The zero-order chi connectivity index (χ0) is 23.4. The van der Waals surface area contributed by atoms with Gasteiger partial charge < -0.3 is 19.1 Å². The Bertz CT molecular complexity index is 1150. The molecule has 0 saturated heterocycles. The predicted octanol–water partition coefficient (Wildman–Crippen LogP) is 4.81. The Labute approximate surface area is 185 Å². The third-order valence-corrected chi connectivity index (χ3v) is 5.42. The lowest BCUT2D eigenvalue weighted by Crippen LogP contribution is -2.31. The molecule has 0 fully saturated rings. The summed E-state index contributed by atoms with van der Waals surface area (Å²) in [5, 5.41) is 13.7. The highest BCUT2D eigenvalue weighted by Gasteiger charge is 2.35. The van der Waals surface area contributed by atoms with Gasteiger partial charge in [-0.05, 0) is 23.6 Å². The lowest BCUT2D eigenvalue weighted by Gasteiger charge is -2.24. The van der Waals surface area contributed by atoms with Crippen LogP contribution >= 0.6 is 11.3 Å². The number of rotatable bonds is 8.